The molecule has 0 aliphatic carbocycles. The summed E-state index contributed by atoms with van der Waals surface area (Å²) in [6, 6.07) is 9.39. The molecule has 27 heavy (non-hydrogen) atoms. The average Bonchev–Trinajstić information content (AvgIpc) is 2.64. The van der Waals surface area contributed by atoms with E-state index in [9.17, 15) is 8.42 Å². The van der Waals surface area contributed by atoms with E-state index in [2.05, 4.69) is 14.9 Å². The molecule has 0 unspecified atom stereocenters. The minimum absolute atomic E-state index is 0. The zero-order valence-corrected chi connectivity index (χ0v) is 17.7. The summed E-state index contributed by atoms with van der Waals surface area (Å²) in [6.45, 7) is 3.20. The van der Waals surface area contributed by atoms with Gasteiger partial charge in [0.1, 0.15) is 5.75 Å². The van der Waals surface area contributed by atoms with Gasteiger partial charge in [-0.25, -0.2) is 8.42 Å². The first kappa shape index (κ1) is 21.9. The number of ether oxygens (including phenoxy) is 1. The van der Waals surface area contributed by atoms with E-state index < -0.39 is 10.0 Å². The third-order valence-electron chi connectivity index (χ3n) is 4.09. The highest BCUT2D eigenvalue weighted by molar-refractivity contribution is 7.92. The lowest BCUT2D eigenvalue weighted by molar-refractivity contribution is 0.412. The summed E-state index contributed by atoms with van der Waals surface area (Å²) < 4.78 is 33.5. The van der Waals surface area contributed by atoms with E-state index in [1.165, 1.54) is 12.1 Å². The van der Waals surface area contributed by atoms with Crippen molar-refractivity contribution in [1.29, 1.82) is 0 Å². The monoisotopic (exact) mass is 451 g/mol. The Morgan fingerprint density at radius 2 is 1.81 bits per heavy atom. The first-order chi connectivity index (χ1) is 12.4. The molecule has 2 aromatic carbocycles. The van der Waals surface area contributed by atoms with Gasteiger partial charge in [0, 0.05) is 31.2 Å². The number of hydrogen-bond donors (Lipinski definition) is 2. The molecular weight excluding hydrogens is 433 g/mol. The van der Waals surface area contributed by atoms with Crippen LogP contribution < -0.4 is 19.7 Å². The molecule has 6 nitrogen and oxygen atoms in total. The highest BCUT2D eigenvalue weighted by atomic mass is 35.5. The predicted molar refractivity (Wildman–Crippen MR) is 113 cm³/mol. The van der Waals surface area contributed by atoms with Crippen LogP contribution in [0.3, 0.4) is 0 Å². The zero-order valence-electron chi connectivity index (χ0n) is 14.5. The van der Waals surface area contributed by atoms with E-state index in [0.717, 1.165) is 31.9 Å². The maximum absolute atomic E-state index is 12.8. The molecule has 0 spiro atoms. The van der Waals surface area contributed by atoms with E-state index in [1.54, 1.807) is 31.4 Å². The van der Waals surface area contributed by atoms with Crippen molar-refractivity contribution in [3.63, 3.8) is 0 Å². The van der Waals surface area contributed by atoms with E-state index in [1.807, 2.05) is 0 Å². The van der Waals surface area contributed by atoms with Crippen LogP contribution in [0.15, 0.2) is 41.3 Å². The Bertz CT molecular complexity index is 904. The number of piperazine rings is 1. The van der Waals surface area contributed by atoms with Crippen LogP contribution in [0.5, 0.6) is 5.75 Å². The average molecular weight is 453 g/mol. The van der Waals surface area contributed by atoms with Crippen molar-refractivity contribution in [2.75, 3.05) is 42.9 Å². The molecule has 1 heterocycles. The van der Waals surface area contributed by atoms with E-state index in [4.69, 9.17) is 27.9 Å². The van der Waals surface area contributed by atoms with E-state index in [0.29, 0.717) is 10.8 Å². The predicted octanol–water partition coefficient (Wildman–Crippen LogP) is 3.63. The molecule has 2 aromatic rings. The molecule has 0 atom stereocenters. The highest BCUT2D eigenvalue weighted by Gasteiger charge is 2.21. The van der Waals surface area contributed by atoms with Gasteiger partial charge in [-0.3, -0.25) is 4.72 Å². The smallest absolute Gasteiger partial charge is 0.262 e. The van der Waals surface area contributed by atoms with Gasteiger partial charge in [-0.2, -0.15) is 0 Å². The molecule has 0 saturated carbocycles. The second-order valence-corrected chi connectivity index (χ2v) is 8.33. The summed E-state index contributed by atoms with van der Waals surface area (Å²) >= 11 is 12.0. The lowest BCUT2D eigenvalue weighted by Crippen LogP contribution is -2.43. The van der Waals surface area contributed by atoms with Crippen molar-refractivity contribution in [1.82, 2.24) is 5.32 Å². The minimum Gasteiger partial charge on any atom is -0.495 e. The maximum atomic E-state index is 12.8. The number of benzene rings is 2. The van der Waals surface area contributed by atoms with Crippen molar-refractivity contribution in [2.45, 2.75) is 4.90 Å². The van der Waals surface area contributed by atoms with Crippen molar-refractivity contribution in [3.8, 4) is 5.75 Å². The van der Waals surface area contributed by atoms with Gasteiger partial charge in [0.05, 0.1) is 28.4 Å². The van der Waals surface area contributed by atoms with Crippen molar-refractivity contribution in [2.24, 2.45) is 0 Å². The molecule has 3 rings (SSSR count). The largest absolute Gasteiger partial charge is 0.495 e. The molecule has 0 aromatic heterocycles. The fraction of sp³-hybridized carbons (Fsp3) is 0.294. The number of rotatable bonds is 5. The van der Waals surface area contributed by atoms with Gasteiger partial charge < -0.3 is 15.0 Å². The van der Waals surface area contributed by atoms with Crippen LogP contribution >= 0.6 is 35.6 Å². The number of methoxy groups -OCH3 is 1. The lowest BCUT2D eigenvalue weighted by atomic mass is 10.2. The van der Waals surface area contributed by atoms with Crippen LogP contribution in [0, 0.1) is 0 Å². The molecule has 1 fully saturated rings. The van der Waals surface area contributed by atoms with Crippen molar-refractivity contribution in [3.05, 3.63) is 46.4 Å². The molecular formula is C17H20Cl3N3O3S. The molecule has 148 valence electrons. The van der Waals surface area contributed by atoms with Gasteiger partial charge in [-0.15, -0.1) is 12.4 Å². The second-order valence-electron chi connectivity index (χ2n) is 5.80. The first-order valence-electron chi connectivity index (χ1n) is 8.02. The third-order valence-corrected chi connectivity index (χ3v) is 6.02. The molecule has 2 N–H and O–H groups in total. The number of anilines is 2. The maximum Gasteiger partial charge on any atom is 0.262 e. The quantitative estimate of drug-likeness (QED) is 0.725. The molecule has 0 amide bonds. The molecule has 0 radical (unpaired) electrons. The van der Waals surface area contributed by atoms with Crippen LogP contribution in [0.2, 0.25) is 10.0 Å². The second kappa shape index (κ2) is 9.21. The summed E-state index contributed by atoms with van der Waals surface area (Å²) in [5, 5.41) is 3.93. The number of nitrogens with zero attached hydrogens (tertiary/aromatic N) is 1. The number of hydrogen-bond acceptors (Lipinski definition) is 5. The lowest BCUT2D eigenvalue weighted by Gasteiger charge is -2.30. The van der Waals surface area contributed by atoms with Crippen molar-refractivity contribution >= 4 is 57.0 Å². The molecule has 1 aliphatic rings. The van der Waals surface area contributed by atoms with Crippen LogP contribution in [-0.4, -0.2) is 41.7 Å². The Labute approximate surface area is 175 Å². The summed E-state index contributed by atoms with van der Waals surface area (Å²) in [5.74, 6) is 0.631. The zero-order chi connectivity index (χ0) is 18.7. The number of nitrogens with one attached hydrogen (secondary N) is 2. The van der Waals surface area contributed by atoms with Crippen LogP contribution in [0.4, 0.5) is 11.4 Å². The summed E-state index contributed by atoms with van der Waals surface area (Å²) in [4.78, 5) is 2.23. The molecule has 1 saturated heterocycles. The molecule has 1 aliphatic heterocycles. The topological polar surface area (TPSA) is 70.7 Å². The highest BCUT2D eigenvalue weighted by Crippen LogP contribution is 2.33. The minimum atomic E-state index is -3.83. The summed E-state index contributed by atoms with van der Waals surface area (Å²) in [7, 11) is -2.26. The molecule has 0 bridgehead atoms. The fourth-order valence-corrected chi connectivity index (χ4v) is 4.25. The van der Waals surface area contributed by atoms with Crippen LogP contribution in [0.1, 0.15) is 0 Å². The third kappa shape index (κ3) is 5.12. The fourth-order valence-electron chi connectivity index (χ4n) is 2.77. The Morgan fingerprint density at radius 1 is 1.11 bits per heavy atom. The normalized spacial score (nSPS) is 14.4. The number of sulfonamides is 1. The van der Waals surface area contributed by atoms with Gasteiger partial charge >= 0.3 is 0 Å². The summed E-state index contributed by atoms with van der Waals surface area (Å²) in [6.07, 6.45) is 0. The van der Waals surface area contributed by atoms with Gasteiger partial charge in [-0.1, -0.05) is 23.2 Å². The first-order valence-corrected chi connectivity index (χ1v) is 10.3. The van der Waals surface area contributed by atoms with Gasteiger partial charge in [-0.05, 0) is 36.4 Å². The van der Waals surface area contributed by atoms with Crippen molar-refractivity contribution < 1.29 is 13.2 Å². The Kier molecular flexibility index (Phi) is 7.47. The standard InChI is InChI=1S/C17H19Cl2N3O3S.ClH/c1-25-17-5-3-13(11-16(17)22-8-6-20-7-9-22)26(23,24)21-15-10-12(18)2-4-14(15)19;/h2-5,10-11,20-21H,6-9H2,1H3;1H. The Balaban J connectivity index is 0.00000261. The van der Waals surface area contributed by atoms with Crippen LogP contribution in [0.25, 0.3) is 0 Å². The van der Waals surface area contributed by atoms with Gasteiger partial charge in [0.2, 0.25) is 0 Å². The SMILES string of the molecule is COc1ccc(S(=O)(=O)Nc2cc(Cl)ccc2Cl)cc1N1CCNCC1.Cl. The Morgan fingerprint density at radius 3 is 2.48 bits per heavy atom. The summed E-state index contributed by atoms with van der Waals surface area (Å²) in [5.41, 5.74) is 0.979. The Hall–Kier alpha value is -1.38. The van der Waals surface area contributed by atoms with Gasteiger partial charge in [0.15, 0.2) is 0 Å². The number of halogens is 3. The van der Waals surface area contributed by atoms with E-state index >= 15 is 0 Å². The van der Waals surface area contributed by atoms with E-state index in [-0.39, 0.29) is 28.0 Å². The van der Waals surface area contributed by atoms with Gasteiger partial charge in [0.25, 0.3) is 10.0 Å². The van der Waals surface area contributed by atoms with Crippen LogP contribution in [-0.2, 0) is 10.0 Å². The molecule has 10 heteroatoms.